The highest BCUT2D eigenvalue weighted by molar-refractivity contribution is 5.66. The van der Waals surface area contributed by atoms with Gasteiger partial charge >= 0.3 is 0 Å². The maximum absolute atomic E-state index is 11.1. The van der Waals surface area contributed by atoms with Crippen molar-refractivity contribution < 1.29 is 4.92 Å². The van der Waals surface area contributed by atoms with Crippen LogP contribution >= 0.6 is 0 Å². The third-order valence-electron chi connectivity index (χ3n) is 4.14. The SMILES string of the molecule is Cc1cccc([N+](=O)[O-])c1NC1CCCCCC1C. The molecule has 19 heavy (non-hydrogen) atoms. The molecule has 1 N–H and O–H groups in total. The monoisotopic (exact) mass is 262 g/mol. The smallest absolute Gasteiger partial charge is 0.292 e. The van der Waals surface area contributed by atoms with Gasteiger partial charge in [0, 0.05) is 12.1 Å². The van der Waals surface area contributed by atoms with Crippen LogP contribution < -0.4 is 5.32 Å². The van der Waals surface area contributed by atoms with Crippen molar-refractivity contribution >= 4 is 11.4 Å². The second kappa shape index (κ2) is 6.04. The number of hydrogen-bond acceptors (Lipinski definition) is 3. The first-order valence-corrected chi connectivity index (χ1v) is 7.10. The number of nitrogens with zero attached hydrogens (tertiary/aromatic N) is 1. The third-order valence-corrected chi connectivity index (χ3v) is 4.14. The Hall–Kier alpha value is -1.58. The highest BCUT2D eigenvalue weighted by Gasteiger charge is 2.23. The Labute approximate surface area is 114 Å². The highest BCUT2D eigenvalue weighted by atomic mass is 16.6. The summed E-state index contributed by atoms with van der Waals surface area (Å²) in [4.78, 5) is 10.8. The predicted octanol–water partition coefficient (Wildman–Crippen LogP) is 4.28. The van der Waals surface area contributed by atoms with E-state index in [1.807, 2.05) is 13.0 Å². The van der Waals surface area contributed by atoms with Crippen LogP contribution in [0.4, 0.5) is 11.4 Å². The minimum absolute atomic E-state index is 0.191. The van der Waals surface area contributed by atoms with Gasteiger partial charge in [-0.05, 0) is 31.2 Å². The zero-order chi connectivity index (χ0) is 13.8. The first-order valence-electron chi connectivity index (χ1n) is 7.10. The number of benzene rings is 1. The summed E-state index contributed by atoms with van der Waals surface area (Å²) in [7, 11) is 0. The zero-order valence-corrected chi connectivity index (χ0v) is 11.7. The lowest BCUT2D eigenvalue weighted by atomic mass is 9.96. The first kappa shape index (κ1) is 13.8. The summed E-state index contributed by atoms with van der Waals surface area (Å²) in [5.41, 5.74) is 1.84. The van der Waals surface area contributed by atoms with Gasteiger partial charge in [0.25, 0.3) is 5.69 Å². The number of para-hydroxylation sites is 1. The Bertz CT molecular complexity index is 459. The van der Waals surface area contributed by atoms with Gasteiger partial charge in [-0.2, -0.15) is 0 Å². The van der Waals surface area contributed by atoms with Crippen LogP contribution in [0.5, 0.6) is 0 Å². The number of anilines is 1. The Kier molecular flexibility index (Phi) is 4.40. The van der Waals surface area contributed by atoms with Crippen molar-refractivity contribution in [3.63, 3.8) is 0 Å². The molecule has 1 aliphatic carbocycles. The van der Waals surface area contributed by atoms with Crippen LogP contribution in [0, 0.1) is 23.0 Å². The fourth-order valence-electron chi connectivity index (χ4n) is 2.89. The van der Waals surface area contributed by atoms with E-state index in [2.05, 4.69) is 12.2 Å². The number of rotatable bonds is 3. The molecule has 2 atom stereocenters. The molecule has 1 aromatic rings. The minimum atomic E-state index is -0.295. The van der Waals surface area contributed by atoms with E-state index in [9.17, 15) is 10.1 Å². The van der Waals surface area contributed by atoms with Gasteiger partial charge in [-0.25, -0.2) is 0 Å². The van der Waals surface area contributed by atoms with Crippen LogP contribution in [0.2, 0.25) is 0 Å². The quantitative estimate of drug-likeness (QED) is 0.502. The third kappa shape index (κ3) is 3.25. The van der Waals surface area contributed by atoms with Gasteiger partial charge in [0.15, 0.2) is 0 Å². The van der Waals surface area contributed by atoms with E-state index in [4.69, 9.17) is 0 Å². The molecule has 104 valence electrons. The summed E-state index contributed by atoms with van der Waals surface area (Å²) in [6.45, 7) is 4.17. The number of hydrogen-bond donors (Lipinski definition) is 1. The molecule has 1 fully saturated rings. The summed E-state index contributed by atoms with van der Waals surface area (Å²) in [5, 5.41) is 14.6. The highest BCUT2D eigenvalue weighted by Crippen LogP contribution is 2.32. The lowest BCUT2D eigenvalue weighted by Gasteiger charge is -2.24. The van der Waals surface area contributed by atoms with E-state index in [1.165, 1.54) is 25.7 Å². The van der Waals surface area contributed by atoms with Gasteiger partial charge in [-0.15, -0.1) is 0 Å². The van der Waals surface area contributed by atoms with Crippen molar-refractivity contribution in [1.29, 1.82) is 0 Å². The van der Waals surface area contributed by atoms with Crippen molar-refractivity contribution in [2.75, 3.05) is 5.32 Å². The van der Waals surface area contributed by atoms with E-state index in [-0.39, 0.29) is 10.6 Å². The number of nitro benzene ring substituents is 1. The number of nitro groups is 1. The Balaban J connectivity index is 2.24. The van der Waals surface area contributed by atoms with E-state index in [1.54, 1.807) is 12.1 Å². The molecule has 0 heterocycles. The average molecular weight is 262 g/mol. The van der Waals surface area contributed by atoms with Crippen LogP contribution in [-0.4, -0.2) is 11.0 Å². The molecule has 0 bridgehead atoms. The molecule has 4 heteroatoms. The number of aryl methyl sites for hydroxylation is 1. The fraction of sp³-hybridized carbons (Fsp3) is 0.600. The molecule has 1 saturated carbocycles. The zero-order valence-electron chi connectivity index (χ0n) is 11.7. The van der Waals surface area contributed by atoms with Crippen LogP contribution in [0.3, 0.4) is 0 Å². The van der Waals surface area contributed by atoms with E-state index >= 15 is 0 Å². The standard InChI is InChI=1S/C15H22N2O2/c1-11-7-4-3-5-9-13(11)16-15-12(2)8-6-10-14(15)17(18)19/h6,8,10-11,13,16H,3-5,7,9H2,1-2H3. The normalized spacial score (nSPS) is 23.7. The second-order valence-electron chi connectivity index (χ2n) is 5.59. The molecule has 0 saturated heterocycles. The molecular weight excluding hydrogens is 240 g/mol. The molecule has 0 spiro atoms. The first-order chi connectivity index (χ1) is 9.09. The van der Waals surface area contributed by atoms with Crippen LogP contribution in [0.1, 0.15) is 44.6 Å². The van der Waals surface area contributed by atoms with Crippen molar-refractivity contribution in [2.24, 2.45) is 5.92 Å². The van der Waals surface area contributed by atoms with Gasteiger partial charge in [0.1, 0.15) is 5.69 Å². The fourth-order valence-corrected chi connectivity index (χ4v) is 2.89. The summed E-state index contributed by atoms with van der Waals surface area (Å²) >= 11 is 0. The molecule has 1 aliphatic rings. The summed E-state index contributed by atoms with van der Waals surface area (Å²) in [5.74, 6) is 0.571. The lowest BCUT2D eigenvalue weighted by Crippen LogP contribution is -2.27. The van der Waals surface area contributed by atoms with E-state index < -0.39 is 0 Å². The van der Waals surface area contributed by atoms with Crippen molar-refractivity contribution in [3.05, 3.63) is 33.9 Å². The molecule has 1 aromatic carbocycles. The number of nitrogens with one attached hydrogen (secondary N) is 1. The predicted molar refractivity (Wildman–Crippen MR) is 77.5 cm³/mol. The second-order valence-corrected chi connectivity index (χ2v) is 5.59. The summed E-state index contributed by atoms with van der Waals surface area (Å²) in [6.07, 6.45) is 6.07. The largest absolute Gasteiger partial charge is 0.376 e. The summed E-state index contributed by atoms with van der Waals surface area (Å²) in [6, 6.07) is 5.60. The Morgan fingerprint density at radius 1 is 1.26 bits per heavy atom. The maximum atomic E-state index is 11.1. The van der Waals surface area contributed by atoms with Gasteiger partial charge in [0.2, 0.25) is 0 Å². The Morgan fingerprint density at radius 3 is 2.74 bits per heavy atom. The summed E-state index contributed by atoms with van der Waals surface area (Å²) < 4.78 is 0. The molecule has 2 unspecified atom stereocenters. The molecule has 4 nitrogen and oxygen atoms in total. The average Bonchev–Trinajstić information content (AvgIpc) is 2.57. The lowest BCUT2D eigenvalue weighted by molar-refractivity contribution is -0.384. The van der Waals surface area contributed by atoms with Crippen molar-refractivity contribution in [3.8, 4) is 0 Å². The van der Waals surface area contributed by atoms with Gasteiger partial charge in [-0.3, -0.25) is 10.1 Å². The van der Waals surface area contributed by atoms with Crippen molar-refractivity contribution in [2.45, 2.75) is 52.0 Å². The van der Waals surface area contributed by atoms with Gasteiger partial charge in [0.05, 0.1) is 4.92 Å². The van der Waals surface area contributed by atoms with Crippen LogP contribution in [0.15, 0.2) is 18.2 Å². The molecular formula is C15H22N2O2. The minimum Gasteiger partial charge on any atom is -0.376 e. The van der Waals surface area contributed by atoms with E-state index in [0.29, 0.717) is 17.6 Å². The van der Waals surface area contributed by atoms with E-state index in [0.717, 1.165) is 12.0 Å². The Morgan fingerprint density at radius 2 is 2.00 bits per heavy atom. The van der Waals surface area contributed by atoms with Crippen molar-refractivity contribution in [1.82, 2.24) is 0 Å². The van der Waals surface area contributed by atoms with Gasteiger partial charge < -0.3 is 5.32 Å². The molecule has 0 aliphatic heterocycles. The molecule has 0 aromatic heterocycles. The molecule has 2 rings (SSSR count). The van der Waals surface area contributed by atoms with Gasteiger partial charge in [-0.1, -0.05) is 38.3 Å². The maximum Gasteiger partial charge on any atom is 0.292 e. The molecule has 0 radical (unpaired) electrons. The van der Waals surface area contributed by atoms with Crippen LogP contribution in [0.25, 0.3) is 0 Å². The topological polar surface area (TPSA) is 55.2 Å². The molecule has 0 amide bonds. The van der Waals surface area contributed by atoms with Crippen LogP contribution in [-0.2, 0) is 0 Å².